The van der Waals surface area contributed by atoms with Crippen molar-refractivity contribution >= 4 is 21.6 Å². The van der Waals surface area contributed by atoms with Crippen LogP contribution in [0.2, 0.25) is 0 Å². The van der Waals surface area contributed by atoms with Gasteiger partial charge in [-0.3, -0.25) is 0 Å². The second-order valence-corrected chi connectivity index (χ2v) is 4.89. The molecule has 0 aliphatic rings. The van der Waals surface area contributed by atoms with Crippen LogP contribution >= 0.6 is 15.9 Å². The summed E-state index contributed by atoms with van der Waals surface area (Å²) in [6, 6.07) is 6.62. The SMILES string of the molecule is CCCN(CCC)c1cc(C)cc(Br)c1. The molecule has 0 fully saturated rings. The molecule has 0 saturated heterocycles. The Balaban J connectivity index is 2.88. The fraction of sp³-hybridized carbons (Fsp3) is 0.538. The van der Waals surface area contributed by atoms with Gasteiger partial charge < -0.3 is 4.90 Å². The Morgan fingerprint density at radius 2 is 1.67 bits per heavy atom. The summed E-state index contributed by atoms with van der Waals surface area (Å²) in [4.78, 5) is 2.46. The molecule has 1 aromatic carbocycles. The summed E-state index contributed by atoms with van der Waals surface area (Å²) < 4.78 is 1.18. The van der Waals surface area contributed by atoms with Crippen molar-refractivity contribution in [2.45, 2.75) is 33.6 Å². The fourth-order valence-corrected chi connectivity index (χ4v) is 2.41. The van der Waals surface area contributed by atoms with E-state index >= 15 is 0 Å². The lowest BCUT2D eigenvalue weighted by atomic mass is 10.2. The molecule has 84 valence electrons. The maximum atomic E-state index is 3.56. The molecule has 15 heavy (non-hydrogen) atoms. The molecule has 0 aliphatic heterocycles. The minimum Gasteiger partial charge on any atom is -0.372 e. The lowest BCUT2D eigenvalue weighted by Gasteiger charge is -2.24. The van der Waals surface area contributed by atoms with Crippen LogP contribution in [-0.4, -0.2) is 13.1 Å². The van der Waals surface area contributed by atoms with Gasteiger partial charge in [-0.25, -0.2) is 0 Å². The quantitative estimate of drug-likeness (QED) is 0.767. The van der Waals surface area contributed by atoms with Gasteiger partial charge in [0, 0.05) is 23.2 Å². The molecular formula is C13H20BrN. The summed E-state index contributed by atoms with van der Waals surface area (Å²) in [5.74, 6) is 0. The fourth-order valence-electron chi connectivity index (χ4n) is 1.81. The zero-order valence-corrected chi connectivity index (χ0v) is 11.5. The van der Waals surface area contributed by atoms with Crippen LogP contribution in [0, 0.1) is 6.92 Å². The first-order chi connectivity index (χ1) is 7.17. The second kappa shape index (κ2) is 6.16. The number of rotatable bonds is 5. The zero-order valence-electron chi connectivity index (χ0n) is 9.89. The first kappa shape index (κ1) is 12.6. The molecule has 0 aromatic heterocycles. The van der Waals surface area contributed by atoms with E-state index in [2.05, 4.69) is 59.8 Å². The standard InChI is InChI=1S/C13H20BrN/c1-4-6-15(7-5-2)13-9-11(3)8-12(14)10-13/h8-10H,4-7H2,1-3H3. The topological polar surface area (TPSA) is 3.24 Å². The zero-order chi connectivity index (χ0) is 11.3. The average Bonchev–Trinajstić information content (AvgIpc) is 2.16. The summed E-state index contributed by atoms with van der Waals surface area (Å²) in [5, 5.41) is 0. The number of aryl methyl sites for hydroxylation is 1. The van der Waals surface area contributed by atoms with Gasteiger partial charge in [0.15, 0.2) is 0 Å². The third kappa shape index (κ3) is 3.86. The molecule has 0 amide bonds. The van der Waals surface area contributed by atoms with Crippen LogP contribution in [0.3, 0.4) is 0 Å². The molecular weight excluding hydrogens is 250 g/mol. The van der Waals surface area contributed by atoms with Crippen LogP contribution in [0.15, 0.2) is 22.7 Å². The van der Waals surface area contributed by atoms with E-state index in [1.807, 2.05) is 0 Å². The minimum atomic E-state index is 1.14. The molecule has 0 N–H and O–H groups in total. The molecule has 0 heterocycles. The van der Waals surface area contributed by atoms with Crippen molar-refractivity contribution in [1.29, 1.82) is 0 Å². The Labute approximate surface area is 102 Å². The van der Waals surface area contributed by atoms with Gasteiger partial charge >= 0.3 is 0 Å². The van der Waals surface area contributed by atoms with Gasteiger partial charge in [-0.2, -0.15) is 0 Å². The van der Waals surface area contributed by atoms with Crippen molar-refractivity contribution in [3.05, 3.63) is 28.2 Å². The number of nitrogens with zero attached hydrogens (tertiary/aromatic N) is 1. The predicted molar refractivity (Wildman–Crippen MR) is 71.7 cm³/mol. The van der Waals surface area contributed by atoms with Crippen molar-refractivity contribution in [3.63, 3.8) is 0 Å². The highest BCUT2D eigenvalue weighted by molar-refractivity contribution is 9.10. The van der Waals surface area contributed by atoms with Crippen LogP contribution in [-0.2, 0) is 0 Å². The summed E-state index contributed by atoms with van der Waals surface area (Å²) in [5.41, 5.74) is 2.65. The number of benzene rings is 1. The molecule has 1 nitrogen and oxygen atoms in total. The summed E-state index contributed by atoms with van der Waals surface area (Å²) in [6.45, 7) is 8.89. The molecule has 0 saturated carbocycles. The molecule has 0 unspecified atom stereocenters. The first-order valence-corrected chi connectivity index (χ1v) is 6.48. The first-order valence-electron chi connectivity index (χ1n) is 5.69. The van der Waals surface area contributed by atoms with E-state index < -0.39 is 0 Å². The van der Waals surface area contributed by atoms with Gasteiger partial charge in [-0.05, 0) is 43.5 Å². The Kier molecular flexibility index (Phi) is 5.16. The molecule has 0 spiro atoms. The molecule has 0 aliphatic carbocycles. The van der Waals surface area contributed by atoms with Crippen molar-refractivity contribution in [2.75, 3.05) is 18.0 Å². The van der Waals surface area contributed by atoms with E-state index in [1.54, 1.807) is 0 Å². The van der Waals surface area contributed by atoms with E-state index in [4.69, 9.17) is 0 Å². The predicted octanol–water partition coefficient (Wildman–Crippen LogP) is 4.38. The normalized spacial score (nSPS) is 10.4. The average molecular weight is 270 g/mol. The van der Waals surface area contributed by atoms with Crippen LogP contribution in [0.5, 0.6) is 0 Å². The Morgan fingerprint density at radius 3 is 2.13 bits per heavy atom. The van der Waals surface area contributed by atoms with E-state index in [0.717, 1.165) is 13.1 Å². The van der Waals surface area contributed by atoms with Crippen LogP contribution < -0.4 is 4.90 Å². The number of hydrogen-bond donors (Lipinski definition) is 0. The summed E-state index contributed by atoms with van der Waals surface area (Å²) >= 11 is 3.56. The van der Waals surface area contributed by atoms with E-state index in [-0.39, 0.29) is 0 Å². The van der Waals surface area contributed by atoms with Gasteiger partial charge in [0.2, 0.25) is 0 Å². The minimum absolute atomic E-state index is 1.14. The molecule has 0 bridgehead atoms. The smallest absolute Gasteiger partial charge is 0.0380 e. The molecule has 0 atom stereocenters. The Morgan fingerprint density at radius 1 is 1.07 bits per heavy atom. The maximum Gasteiger partial charge on any atom is 0.0380 e. The highest BCUT2D eigenvalue weighted by Crippen LogP contribution is 2.23. The van der Waals surface area contributed by atoms with Crippen molar-refractivity contribution in [3.8, 4) is 0 Å². The maximum absolute atomic E-state index is 3.56. The third-order valence-electron chi connectivity index (χ3n) is 2.38. The van der Waals surface area contributed by atoms with Gasteiger partial charge in [0.05, 0.1) is 0 Å². The van der Waals surface area contributed by atoms with Crippen molar-refractivity contribution in [2.24, 2.45) is 0 Å². The lowest BCUT2D eigenvalue weighted by molar-refractivity contribution is 0.744. The van der Waals surface area contributed by atoms with Gasteiger partial charge in [-0.1, -0.05) is 29.8 Å². The molecule has 1 rings (SSSR count). The number of anilines is 1. The van der Waals surface area contributed by atoms with Crippen LogP contribution in [0.4, 0.5) is 5.69 Å². The molecule has 0 radical (unpaired) electrons. The van der Waals surface area contributed by atoms with Crippen LogP contribution in [0.25, 0.3) is 0 Å². The third-order valence-corrected chi connectivity index (χ3v) is 2.84. The largest absolute Gasteiger partial charge is 0.372 e. The van der Waals surface area contributed by atoms with Crippen LogP contribution in [0.1, 0.15) is 32.3 Å². The van der Waals surface area contributed by atoms with E-state index in [0.29, 0.717) is 0 Å². The summed E-state index contributed by atoms with van der Waals surface area (Å²) in [6.07, 6.45) is 2.40. The highest BCUT2D eigenvalue weighted by atomic mass is 79.9. The highest BCUT2D eigenvalue weighted by Gasteiger charge is 2.05. The van der Waals surface area contributed by atoms with Crippen molar-refractivity contribution < 1.29 is 0 Å². The van der Waals surface area contributed by atoms with Gasteiger partial charge in [0.25, 0.3) is 0 Å². The van der Waals surface area contributed by atoms with Crippen molar-refractivity contribution in [1.82, 2.24) is 0 Å². The molecule has 2 heteroatoms. The monoisotopic (exact) mass is 269 g/mol. The van der Waals surface area contributed by atoms with Gasteiger partial charge in [0.1, 0.15) is 0 Å². The van der Waals surface area contributed by atoms with E-state index in [9.17, 15) is 0 Å². The lowest BCUT2D eigenvalue weighted by Crippen LogP contribution is -2.24. The number of halogens is 1. The van der Waals surface area contributed by atoms with Gasteiger partial charge in [-0.15, -0.1) is 0 Å². The molecule has 1 aromatic rings. The summed E-state index contributed by atoms with van der Waals surface area (Å²) in [7, 11) is 0. The Bertz CT molecular complexity index is 283. The second-order valence-electron chi connectivity index (χ2n) is 3.97. The number of hydrogen-bond acceptors (Lipinski definition) is 1. The van der Waals surface area contributed by atoms with E-state index in [1.165, 1.54) is 28.6 Å². The Hall–Kier alpha value is -0.500.